The molecule has 3 aromatic rings. The van der Waals surface area contributed by atoms with Crippen LogP contribution in [0.2, 0.25) is 0 Å². The average molecular weight is 443 g/mol. The maximum Gasteiger partial charge on any atom is 0.258 e. The standard InChI is InChI=1S/C28H30N2O3/c1-33-26-17-22(9-10-25(26)29-15-11-21(19-29)20-31)27(32)30-16-14-28(12-5-2-6-13-28)18-23-7-3-4-8-24(23)30/h3-5,7-12,15,17,19,31H,2,6,13-14,16,18,20H2,1H3. The van der Waals surface area contributed by atoms with Gasteiger partial charge in [-0.1, -0.05) is 30.4 Å². The number of para-hydroxylation sites is 1. The molecular formula is C28H30N2O3. The van der Waals surface area contributed by atoms with Crippen LogP contribution in [0.15, 0.2) is 73.1 Å². The molecule has 1 atom stereocenters. The van der Waals surface area contributed by atoms with E-state index in [4.69, 9.17) is 4.74 Å². The molecule has 33 heavy (non-hydrogen) atoms. The third-order valence-electron chi connectivity index (χ3n) is 7.06. The molecule has 0 radical (unpaired) electrons. The Morgan fingerprint density at radius 3 is 2.76 bits per heavy atom. The van der Waals surface area contributed by atoms with E-state index in [1.54, 1.807) is 7.11 Å². The maximum absolute atomic E-state index is 13.8. The summed E-state index contributed by atoms with van der Waals surface area (Å²) in [5.74, 6) is 0.614. The lowest BCUT2D eigenvalue weighted by Gasteiger charge is -2.32. The van der Waals surface area contributed by atoms with E-state index >= 15 is 0 Å². The SMILES string of the molecule is COc1cc(C(=O)N2CCC3(C=CCCC3)Cc3ccccc32)ccc1-n1ccc(CO)c1. The van der Waals surface area contributed by atoms with Crippen LogP contribution in [0, 0.1) is 5.41 Å². The number of anilines is 1. The second kappa shape index (κ2) is 8.91. The predicted octanol–water partition coefficient (Wildman–Crippen LogP) is 5.30. The molecule has 5 heteroatoms. The molecule has 1 spiro atoms. The third-order valence-corrected chi connectivity index (χ3v) is 7.06. The number of allylic oxidation sites excluding steroid dienone is 2. The van der Waals surface area contributed by atoms with Crippen molar-refractivity contribution in [1.29, 1.82) is 0 Å². The van der Waals surface area contributed by atoms with Gasteiger partial charge in [-0.2, -0.15) is 0 Å². The van der Waals surface area contributed by atoms with Crippen molar-refractivity contribution in [2.75, 3.05) is 18.6 Å². The molecule has 2 aliphatic rings. The number of carbonyl (C=O) groups excluding carboxylic acids is 1. The first-order valence-corrected chi connectivity index (χ1v) is 11.7. The summed E-state index contributed by atoms with van der Waals surface area (Å²) >= 11 is 0. The lowest BCUT2D eigenvalue weighted by atomic mass is 9.72. The summed E-state index contributed by atoms with van der Waals surface area (Å²) in [6, 6.07) is 15.8. The first-order valence-electron chi connectivity index (χ1n) is 11.7. The summed E-state index contributed by atoms with van der Waals surface area (Å²) in [5.41, 5.74) is 4.65. The largest absolute Gasteiger partial charge is 0.495 e. The number of aromatic nitrogens is 1. The van der Waals surface area contributed by atoms with Crippen LogP contribution < -0.4 is 9.64 Å². The van der Waals surface area contributed by atoms with Crippen molar-refractivity contribution >= 4 is 11.6 Å². The van der Waals surface area contributed by atoms with Crippen molar-refractivity contribution in [2.45, 2.75) is 38.7 Å². The molecule has 1 aromatic heterocycles. The number of fused-ring (bicyclic) bond motifs is 1. The number of hydrogen-bond acceptors (Lipinski definition) is 3. The molecule has 1 amide bonds. The minimum absolute atomic E-state index is 0.00677. The molecule has 0 fully saturated rings. The van der Waals surface area contributed by atoms with Gasteiger partial charge >= 0.3 is 0 Å². The average Bonchev–Trinajstić information content (AvgIpc) is 3.28. The van der Waals surface area contributed by atoms with E-state index in [0.29, 0.717) is 17.9 Å². The van der Waals surface area contributed by atoms with Crippen LogP contribution in [0.25, 0.3) is 5.69 Å². The van der Waals surface area contributed by atoms with Crippen LogP contribution in [0.4, 0.5) is 5.69 Å². The van der Waals surface area contributed by atoms with Crippen molar-refractivity contribution in [3.8, 4) is 11.4 Å². The molecule has 1 aliphatic heterocycles. The van der Waals surface area contributed by atoms with Crippen LogP contribution in [0.5, 0.6) is 5.75 Å². The topological polar surface area (TPSA) is 54.7 Å². The third kappa shape index (κ3) is 4.09. The molecule has 2 aromatic carbocycles. The summed E-state index contributed by atoms with van der Waals surface area (Å²) < 4.78 is 7.54. The fourth-order valence-corrected chi connectivity index (χ4v) is 5.27. The quantitative estimate of drug-likeness (QED) is 0.558. The minimum atomic E-state index is -0.0169. The van der Waals surface area contributed by atoms with Crippen molar-refractivity contribution in [3.05, 3.63) is 89.8 Å². The Kier molecular flexibility index (Phi) is 5.81. The molecular weight excluding hydrogens is 412 g/mol. The Morgan fingerprint density at radius 2 is 2.00 bits per heavy atom. The van der Waals surface area contributed by atoms with Crippen molar-refractivity contribution < 1.29 is 14.6 Å². The normalized spacial score (nSPS) is 19.9. The summed E-state index contributed by atoms with van der Waals surface area (Å²) in [5, 5.41) is 9.38. The van der Waals surface area contributed by atoms with Crippen LogP contribution in [-0.4, -0.2) is 29.2 Å². The van der Waals surface area contributed by atoms with Gasteiger partial charge in [0.2, 0.25) is 0 Å². The van der Waals surface area contributed by atoms with E-state index < -0.39 is 0 Å². The van der Waals surface area contributed by atoms with E-state index in [1.807, 2.05) is 52.2 Å². The molecule has 5 nitrogen and oxygen atoms in total. The monoisotopic (exact) mass is 442 g/mol. The highest BCUT2D eigenvalue weighted by atomic mass is 16.5. The number of amides is 1. The number of aliphatic hydroxyl groups excluding tert-OH is 1. The first-order chi connectivity index (χ1) is 16.1. The van der Waals surface area contributed by atoms with Crippen molar-refractivity contribution in [1.82, 2.24) is 4.57 Å². The number of carbonyl (C=O) groups is 1. The second-order valence-corrected chi connectivity index (χ2v) is 9.14. The second-order valence-electron chi connectivity index (χ2n) is 9.14. The molecule has 1 N–H and O–H groups in total. The molecule has 170 valence electrons. The zero-order valence-electron chi connectivity index (χ0n) is 19.0. The summed E-state index contributed by atoms with van der Waals surface area (Å²) in [6.07, 6.45) is 13.9. The molecule has 5 rings (SSSR count). The van der Waals surface area contributed by atoms with E-state index in [2.05, 4.69) is 30.4 Å². The van der Waals surface area contributed by atoms with Gasteiger partial charge in [-0.25, -0.2) is 0 Å². The summed E-state index contributed by atoms with van der Waals surface area (Å²) in [7, 11) is 1.62. The fraction of sp³-hybridized carbons (Fsp3) is 0.321. The van der Waals surface area contributed by atoms with Gasteiger partial charge in [0.25, 0.3) is 5.91 Å². The minimum Gasteiger partial charge on any atom is -0.495 e. The number of methoxy groups -OCH3 is 1. The number of aliphatic hydroxyl groups is 1. The Morgan fingerprint density at radius 1 is 1.12 bits per heavy atom. The first kappa shape index (κ1) is 21.5. The van der Waals surface area contributed by atoms with E-state index in [-0.39, 0.29) is 17.9 Å². The van der Waals surface area contributed by atoms with Crippen molar-refractivity contribution in [3.63, 3.8) is 0 Å². The zero-order chi connectivity index (χ0) is 22.8. The highest BCUT2D eigenvalue weighted by Crippen LogP contribution is 2.43. The number of hydrogen-bond donors (Lipinski definition) is 1. The molecule has 1 aliphatic carbocycles. The van der Waals surface area contributed by atoms with Crippen molar-refractivity contribution in [2.24, 2.45) is 5.41 Å². The zero-order valence-corrected chi connectivity index (χ0v) is 19.0. The van der Waals surface area contributed by atoms with Gasteiger partial charge in [-0.15, -0.1) is 0 Å². The smallest absolute Gasteiger partial charge is 0.258 e. The van der Waals surface area contributed by atoms with Gasteiger partial charge in [0.15, 0.2) is 0 Å². The van der Waals surface area contributed by atoms with Crippen LogP contribution in [0.1, 0.15) is 47.2 Å². The van der Waals surface area contributed by atoms with Gasteiger partial charge < -0.3 is 19.3 Å². The van der Waals surface area contributed by atoms with E-state index in [0.717, 1.165) is 36.2 Å². The number of rotatable bonds is 4. The summed E-state index contributed by atoms with van der Waals surface area (Å²) in [6.45, 7) is 0.679. The Bertz CT molecular complexity index is 1200. The van der Waals surface area contributed by atoms with E-state index in [9.17, 15) is 9.90 Å². The highest BCUT2D eigenvalue weighted by Gasteiger charge is 2.35. The van der Waals surface area contributed by atoms with Gasteiger partial charge in [0.1, 0.15) is 5.75 Å². The van der Waals surface area contributed by atoms with Crippen LogP contribution >= 0.6 is 0 Å². The fourth-order valence-electron chi connectivity index (χ4n) is 5.27. The van der Waals surface area contributed by atoms with Gasteiger partial charge in [-0.3, -0.25) is 4.79 Å². The van der Waals surface area contributed by atoms with Crippen LogP contribution in [-0.2, 0) is 13.0 Å². The predicted molar refractivity (Wildman–Crippen MR) is 130 cm³/mol. The molecule has 0 bridgehead atoms. The molecule has 0 saturated carbocycles. The number of benzene rings is 2. The Balaban J connectivity index is 1.49. The Hall–Kier alpha value is -3.31. The number of ether oxygens (including phenoxy) is 1. The van der Waals surface area contributed by atoms with Gasteiger partial charge in [0.05, 0.1) is 19.4 Å². The Labute approximate surface area is 194 Å². The van der Waals surface area contributed by atoms with Gasteiger partial charge in [0, 0.05) is 30.2 Å². The molecule has 0 saturated heterocycles. The van der Waals surface area contributed by atoms with Gasteiger partial charge in [-0.05, 0) is 79.0 Å². The van der Waals surface area contributed by atoms with E-state index in [1.165, 1.54) is 18.4 Å². The lowest BCUT2D eigenvalue weighted by Crippen LogP contribution is -2.33. The summed E-state index contributed by atoms with van der Waals surface area (Å²) in [4.78, 5) is 15.7. The van der Waals surface area contributed by atoms with Crippen LogP contribution in [0.3, 0.4) is 0 Å². The number of nitrogens with zero attached hydrogens (tertiary/aromatic N) is 2. The maximum atomic E-state index is 13.8. The highest BCUT2D eigenvalue weighted by molar-refractivity contribution is 6.07. The molecule has 2 heterocycles. The molecule has 1 unspecified atom stereocenters. The lowest BCUT2D eigenvalue weighted by molar-refractivity contribution is 0.0984.